The molecule has 1 amide bonds. The van der Waals surface area contributed by atoms with Crippen LogP contribution in [0.1, 0.15) is 33.6 Å². The molecular weight excluding hydrogens is 366 g/mol. The fourth-order valence-corrected chi connectivity index (χ4v) is 3.22. The Bertz CT molecular complexity index is 606. The number of likely N-dealkylation sites (tertiary alicyclic amines) is 1. The standard InChI is InChI=1S/C17H28BN4O4P/c1-11(2)14(10-22-6-5-13(8-19)9-22)16(17(25)26-27-20-18)21(4)15(24)7-12(3)23/h11-13,20,23,27H,5-7,9-10H2,1-4H3/b16-14-/t12-,13-/m1/s1. The van der Waals surface area contributed by atoms with Gasteiger partial charge in [0.2, 0.25) is 5.91 Å². The maximum absolute atomic E-state index is 12.7. The van der Waals surface area contributed by atoms with Crippen LogP contribution in [-0.2, 0) is 14.1 Å². The average Bonchev–Trinajstić information content (AvgIpc) is 3.06. The Hall–Kier alpha value is -1.46. The number of amides is 1. The van der Waals surface area contributed by atoms with Crippen LogP contribution in [0.5, 0.6) is 0 Å². The van der Waals surface area contributed by atoms with Crippen LogP contribution in [-0.4, -0.2) is 67.5 Å². The number of rotatable bonds is 9. The van der Waals surface area contributed by atoms with Crippen molar-refractivity contribution < 1.29 is 19.2 Å². The Balaban J connectivity index is 3.20. The van der Waals surface area contributed by atoms with E-state index in [2.05, 4.69) is 16.0 Å². The maximum atomic E-state index is 12.7. The van der Waals surface area contributed by atoms with Crippen molar-refractivity contribution in [2.75, 3.05) is 26.7 Å². The topological polar surface area (TPSA) is 106 Å². The molecule has 1 rings (SSSR count). The molecule has 3 atom stereocenters. The highest BCUT2D eigenvalue weighted by molar-refractivity contribution is 7.32. The normalized spacial score (nSPS) is 19.8. The molecule has 0 aromatic carbocycles. The smallest absolute Gasteiger partial charge is 0.358 e. The number of nitrogens with one attached hydrogen (secondary N) is 1. The summed E-state index contributed by atoms with van der Waals surface area (Å²) in [7, 11) is 6.26. The van der Waals surface area contributed by atoms with Gasteiger partial charge in [0.25, 0.3) is 0 Å². The third-order valence-electron chi connectivity index (χ3n) is 4.43. The predicted octanol–water partition coefficient (Wildman–Crippen LogP) is 0.696. The van der Waals surface area contributed by atoms with Gasteiger partial charge in [-0.25, -0.2) is 4.79 Å². The molecule has 0 aliphatic carbocycles. The first-order valence-electron chi connectivity index (χ1n) is 8.92. The Labute approximate surface area is 164 Å². The molecule has 10 heteroatoms. The number of aliphatic hydroxyl groups excluding tert-OH is 1. The lowest BCUT2D eigenvalue weighted by atomic mass is 9.99. The van der Waals surface area contributed by atoms with Gasteiger partial charge in [0, 0.05) is 20.1 Å². The highest BCUT2D eigenvalue weighted by Gasteiger charge is 2.30. The first-order chi connectivity index (χ1) is 12.7. The molecular formula is C17H28BN4O4P. The summed E-state index contributed by atoms with van der Waals surface area (Å²) in [6.07, 6.45) is -0.130. The van der Waals surface area contributed by atoms with E-state index in [-0.39, 0.29) is 29.9 Å². The van der Waals surface area contributed by atoms with Gasteiger partial charge in [-0.3, -0.25) is 9.69 Å². The molecule has 0 aromatic rings. The number of hydrogen-bond donors (Lipinski definition) is 2. The first kappa shape index (κ1) is 23.6. The molecule has 1 fully saturated rings. The summed E-state index contributed by atoms with van der Waals surface area (Å²) in [5, 5.41) is 18.6. The molecule has 2 radical (unpaired) electrons. The largest absolute Gasteiger partial charge is 0.428 e. The van der Waals surface area contributed by atoms with Crippen molar-refractivity contribution >= 4 is 28.8 Å². The van der Waals surface area contributed by atoms with Gasteiger partial charge in [-0.15, -0.1) is 0 Å². The van der Waals surface area contributed by atoms with Gasteiger partial charge in [0.1, 0.15) is 14.7 Å². The van der Waals surface area contributed by atoms with Gasteiger partial charge in [-0.05, 0) is 31.4 Å². The van der Waals surface area contributed by atoms with Gasteiger partial charge in [-0.1, -0.05) is 13.8 Å². The minimum Gasteiger partial charge on any atom is -0.428 e. The fourth-order valence-electron chi connectivity index (χ4n) is 2.98. The van der Waals surface area contributed by atoms with Crippen LogP contribution in [0.2, 0.25) is 0 Å². The van der Waals surface area contributed by atoms with Crippen LogP contribution >= 0.6 is 8.96 Å². The SMILES string of the molecule is [B]NPOC(=O)/C(=C(\CN1CC[C@H](C#N)C1)C(C)C)N(C)C(=O)C[C@@H](C)O. The zero-order valence-corrected chi connectivity index (χ0v) is 17.4. The summed E-state index contributed by atoms with van der Waals surface area (Å²) >= 11 is 0. The van der Waals surface area contributed by atoms with Crippen molar-refractivity contribution in [3.8, 4) is 6.07 Å². The van der Waals surface area contributed by atoms with E-state index in [1.165, 1.54) is 18.9 Å². The van der Waals surface area contributed by atoms with Gasteiger partial charge >= 0.3 is 5.97 Å². The van der Waals surface area contributed by atoms with E-state index < -0.39 is 21.0 Å². The van der Waals surface area contributed by atoms with Crippen LogP contribution < -0.4 is 5.00 Å². The van der Waals surface area contributed by atoms with Crippen molar-refractivity contribution in [1.29, 1.82) is 5.26 Å². The molecule has 1 aliphatic rings. The maximum Gasteiger partial charge on any atom is 0.358 e. The second-order valence-electron chi connectivity index (χ2n) is 7.02. The summed E-state index contributed by atoms with van der Waals surface area (Å²) < 4.78 is 5.14. The predicted molar refractivity (Wildman–Crippen MR) is 104 cm³/mol. The molecule has 27 heavy (non-hydrogen) atoms. The van der Waals surface area contributed by atoms with E-state index in [9.17, 15) is 14.7 Å². The number of carbonyl (C=O) groups is 2. The second-order valence-corrected chi connectivity index (χ2v) is 7.72. The summed E-state index contributed by atoms with van der Waals surface area (Å²) in [6, 6.07) is 2.28. The van der Waals surface area contributed by atoms with Gasteiger partial charge < -0.3 is 19.5 Å². The zero-order chi connectivity index (χ0) is 20.6. The lowest BCUT2D eigenvalue weighted by Crippen LogP contribution is -2.36. The third kappa shape index (κ3) is 7.23. The Kier molecular flexibility index (Phi) is 9.96. The van der Waals surface area contributed by atoms with Crippen LogP contribution in [0.3, 0.4) is 0 Å². The monoisotopic (exact) mass is 394 g/mol. The number of likely N-dealkylation sites (N-methyl/N-ethyl adjacent to an activating group) is 1. The molecule has 148 valence electrons. The lowest BCUT2D eigenvalue weighted by Gasteiger charge is -2.28. The van der Waals surface area contributed by atoms with Gasteiger partial charge in [-0.2, -0.15) is 5.26 Å². The number of carbonyl (C=O) groups excluding carboxylic acids is 2. The van der Waals surface area contributed by atoms with Crippen molar-refractivity contribution in [1.82, 2.24) is 14.8 Å². The molecule has 1 unspecified atom stereocenters. The van der Waals surface area contributed by atoms with Gasteiger partial charge in [0.05, 0.1) is 24.5 Å². The number of nitriles is 1. The summed E-state index contributed by atoms with van der Waals surface area (Å²) in [4.78, 5) is 30.8. The Morgan fingerprint density at radius 1 is 1.48 bits per heavy atom. The molecule has 0 bridgehead atoms. The minimum absolute atomic E-state index is 0.0219. The fraction of sp³-hybridized carbons (Fsp3) is 0.706. The highest BCUT2D eigenvalue weighted by Crippen LogP contribution is 2.25. The van der Waals surface area contributed by atoms with Crippen molar-refractivity contribution in [3.63, 3.8) is 0 Å². The molecule has 0 saturated carbocycles. The molecule has 0 spiro atoms. The summed E-state index contributed by atoms with van der Waals surface area (Å²) in [6.45, 7) is 7.25. The Morgan fingerprint density at radius 2 is 2.15 bits per heavy atom. The number of hydrogen-bond acceptors (Lipinski definition) is 7. The van der Waals surface area contributed by atoms with E-state index in [0.717, 1.165) is 18.5 Å². The zero-order valence-electron chi connectivity index (χ0n) is 16.4. The average molecular weight is 394 g/mol. The number of nitrogens with zero attached hydrogens (tertiary/aromatic N) is 3. The van der Waals surface area contributed by atoms with Crippen LogP contribution in [0.4, 0.5) is 0 Å². The van der Waals surface area contributed by atoms with E-state index in [0.29, 0.717) is 13.1 Å². The van der Waals surface area contributed by atoms with E-state index in [4.69, 9.17) is 17.8 Å². The number of aliphatic hydroxyl groups is 1. The van der Waals surface area contributed by atoms with Crippen LogP contribution in [0.25, 0.3) is 0 Å². The first-order valence-corrected chi connectivity index (χ1v) is 9.83. The summed E-state index contributed by atoms with van der Waals surface area (Å²) in [5.74, 6) is -1.07. The van der Waals surface area contributed by atoms with E-state index in [1.54, 1.807) is 0 Å². The second kappa shape index (κ2) is 11.4. The third-order valence-corrected chi connectivity index (χ3v) is 4.83. The van der Waals surface area contributed by atoms with Crippen LogP contribution in [0.15, 0.2) is 11.3 Å². The van der Waals surface area contributed by atoms with Crippen molar-refractivity contribution in [3.05, 3.63) is 11.3 Å². The Morgan fingerprint density at radius 3 is 2.63 bits per heavy atom. The quantitative estimate of drug-likeness (QED) is 0.337. The summed E-state index contributed by atoms with van der Waals surface area (Å²) in [5.41, 5.74) is 0.917. The van der Waals surface area contributed by atoms with Crippen molar-refractivity contribution in [2.24, 2.45) is 11.8 Å². The molecule has 1 saturated heterocycles. The molecule has 8 nitrogen and oxygen atoms in total. The highest BCUT2D eigenvalue weighted by atomic mass is 31.1. The molecule has 1 aliphatic heterocycles. The van der Waals surface area contributed by atoms with Gasteiger partial charge in [0.15, 0.2) is 7.98 Å². The lowest BCUT2D eigenvalue weighted by molar-refractivity contribution is -0.137. The van der Waals surface area contributed by atoms with Crippen LogP contribution in [0, 0.1) is 23.2 Å². The van der Waals surface area contributed by atoms with E-state index >= 15 is 0 Å². The van der Waals surface area contributed by atoms with E-state index in [1.807, 2.05) is 13.8 Å². The molecule has 2 N–H and O–H groups in total. The minimum atomic E-state index is -0.817. The molecule has 0 aromatic heterocycles. The molecule has 1 heterocycles. The van der Waals surface area contributed by atoms with Crippen molar-refractivity contribution in [2.45, 2.75) is 39.7 Å².